The topological polar surface area (TPSA) is 322 Å². The second kappa shape index (κ2) is 37.3. The summed E-state index contributed by atoms with van der Waals surface area (Å²) in [7, 11) is -0.537. The van der Waals surface area contributed by atoms with Crippen LogP contribution in [0.25, 0.3) is 55.2 Å². The van der Waals surface area contributed by atoms with Crippen molar-refractivity contribution < 1.29 is 90.1 Å². The van der Waals surface area contributed by atoms with Gasteiger partial charge in [0.05, 0.1) is 62.5 Å². The number of aliphatic carboxylic acids is 1. The Labute approximate surface area is 618 Å². The number of carbonyl (C=O) groups is 3. The van der Waals surface area contributed by atoms with E-state index in [-0.39, 0.29) is 55.5 Å². The molecule has 12 aromatic rings. The van der Waals surface area contributed by atoms with Crippen LogP contribution in [0.2, 0.25) is 0 Å². The number of furan rings is 3. The third-order valence-corrected chi connectivity index (χ3v) is 17.2. The van der Waals surface area contributed by atoms with Crippen LogP contribution in [0.5, 0.6) is 17.2 Å². The third-order valence-electron chi connectivity index (χ3n) is 16.8. The van der Waals surface area contributed by atoms with Crippen LogP contribution in [0, 0.1) is 0 Å². The predicted octanol–water partition coefficient (Wildman–Crippen LogP) is 11.3. The van der Waals surface area contributed by atoms with Crippen LogP contribution in [0.1, 0.15) is 91.6 Å². The molecular weight excluding hydrogens is 1370 g/mol. The summed E-state index contributed by atoms with van der Waals surface area (Å²) in [5, 5.41) is 12.0. The summed E-state index contributed by atoms with van der Waals surface area (Å²) in [6.07, 6.45) is 15.8. The number of esters is 2. The number of carbonyl (C=O) groups excluding carboxylic acids is 2. The number of benzene rings is 6. The average Bonchev–Trinajstić information content (AvgIpc) is 1.62. The molecule has 1 saturated heterocycles. The molecule has 21 nitrogen and oxygen atoms in total. The largest absolute Gasteiger partial charge is 1.00 e. The number of hydrogen-bond acceptors (Lipinski definition) is 20. The molecule has 1 aliphatic heterocycles. The molecule has 0 unspecified atom stereocenters. The molecule has 0 radical (unpaired) electrons. The molecule has 13 rings (SSSR count). The van der Waals surface area contributed by atoms with Crippen molar-refractivity contribution in [1.82, 2.24) is 15.0 Å². The zero-order valence-electron chi connectivity index (χ0n) is 58.6. The molecule has 1 fully saturated rings. The van der Waals surface area contributed by atoms with Gasteiger partial charge in [0.15, 0.2) is 0 Å². The molecule has 528 valence electrons. The SMILES string of the molecule is CCOC(=O)Cc1ccccc1OCc1cc(-c2cncc(CN)c2)c2occc2c1.CCOC(=O)Cc1ccccc1OCc1cc(B2OC(C)(C)C(C)(C)O2)c2occc2c1.NCc1cncc(-c2cc(COc3ccccc3CC(=O)O)cc3ccoc23)c1.NCc1cncc(Br)c1.[Li+].[OH-]. The summed E-state index contributed by atoms with van der Waals surface area (Å²) in [4.78, 5) is 47.4. The Bertz CT molecular complexity index is 4790. The van der Waals surface area contributed by atoms with E-state index in [4.69, 9.17) is 68.6 Å². The van der Waals surface area contributed by atoms with Crippen molar-refractivity contribution in [3.05, 3.63) is 256 Å². The first kappa shape index (κ1) is 78.8. The van der Waals surface area contributed by atoms with E-state index in [1.807, 2.05) is 155 Å². The number of fused-ring (bicyclic) bond motifs is 3. The van der Waals surface area contributed by atoms with Crippen molar-refractivity contribution in [2.45, 2.75) is 111 Å². The Kier molecular flexibility index (Phi) is 28.6. The normalized spacial score (nSPS) is 12.5. The Hall–Kier alpha value is -9.90. The van der Waals surface area contributed by atoms with Gasteiger partial charge in [-0.2, -0.15) is 0 Å². The first-order chi connectivity index (χ1) is 48.8. The van der Waals surface area contributed by atoms with Crippen molar-refractivity contribution in [3.63, 3.8) is 0 Å². The molecule has 1 aliphatic rings. The number of halogens is 1. The summed E-state index contributed by atoms with van der Waals surface area (Å²) < 4.78 is 59.0. The van der Waals surface area contributed by atoms with Gasteiger partial charge >= 0.3 is 43.9 Å². The number of pyridine rings is 3. The van der Waals surface area contributed by atoms with Crippen molar-refractivity contribution in [3.8, 4) is 39.5 Å². The van der Waals surface area contributed by atoms with Crippen molar-refractivity contribution in [1.29, 1.82) is 0 Å². The fraction of sp³-hybridized carbons (Fsp3) is 0.241. The van der Waals surface area contributed by atoms with Gasteiger partial charge in [0.2, 0.25) is 0 Å². The molecule has 0 aliphatic carbocycles. The van der Waals surface area contributed by atoms with Crippen LogP contribution in [-0.2, 0) is 91.9 Å². The van der Waals surface area contributed by atoms with Crippen molar-refractivity contribution >= 4 is 79.3 Å². The molecule has 0 bridgehead atoms. The Morgan fingerprint density at radius 3 is 1.23 bits per heavy atom. The molecule has 24 heteroatoms. The van der Waals surface area contributed by atoms with Crippen LogP contribution in [-0.4, -0.2) is 75.0 Å². The molecule has 6 aromatic heterocycles. The van der Waals surface area contributed by atoms with E-state index >= 15 is 0 Å². The van der Waals surface area contributed by atoms with Crippen LogP contribution >= 0.6 is 15.9 Å². The summed E-state index contributed by atoms with van der Waals surface area (Å²) in [6.45, 7) is 14.8. The second-order valence-corrected chi connectivity index (χ2v) is 25.5. The fourth-order valence-electron chi connectivity index (χ4n) is 11.1. The quantitative estimate of drug-likeness (QED) is 0.0341. The molecule has 6 aromatic carbocycles. The van der Waals surface area contributed by atoms with E-state index in [0.717, 1.165) is 110 Å². The average molecular weight is 1450 g/mol. The van der Waals surface area contributed by atoms with Gasteiger partial charge in [0, 0.05) is 122 Å². The van der Waals surface area contributed by atoms with E-state index in [1.165, 1.54) is 0 Å². The summed E-state index contributed by atoms with van der Waals surface area (Å²) in [6, 6.07) is 46.0. The van der Waals surface area contributed by atoms with Gasteiger partial charge in [-0.25, -0.2) is 0 Å². The first-order valence-electron chi connectivity index (χ1n) is 32.9. The molecule has 7 heterocycles. The fourth-order valence-corrected chi connectivity index (χ4v) is 11.5. The monoisotopic (exact) mass is 1450 g/mol. The number of nitrogens with two attached hydrogens (primary N) is 3. The minimum Gasteiger partial charge on any atom is -0.870 e. The standard InChI is InChI=1S/C25H29BO6.C25H24N2O4.C23H20N2O4.C6H7BrN2.Li.H2O/c1-6-28-22(27)15-18-9-7-8-10-21(18)30-16-17-13-19-11-12-29-23(19)20(14-17)26-31-24(2,3)25(4,5)32-26;1-2-29-24(28)12-19-5-3-4-6-23(19)31-16-17-9-20-7-8-30-25(20)22(11-17)21-10-18(13-26)14-27-15-21;24-11-16-8-19(13-25-12-16)20-9-15(7-18-5-6-28-23(18)20)14-29-21-4-2-1-3-17(21)10-22(26)27;7-6-1-5(2-8)3-9-4-6;;/h7-14H,6,15-16H2,1-5H3;3-11,14-15H,2,12-13,16,26H2,1H3;1-9,12-13H,10-11,14,24H2,(H,26,27);1,3-4H,2,8H2;;1H2/q;;;;+1;/p-1. The van der Waals surface area contributed by atoms with E-state index < -0.39 is 24.3 Å². The van der Waals surface area contributed by atoms with Crippen LogP contribution in [0.4, 0.5) is 0 Å². The van der Waals surface area contributed by atoms with E-state index in [0.29, 0.717) is 75.5 Å². The molecule has 0 spiro atoms. The van der Waals surface area contributed by atoms with Crippen molar-refractivity contribution in [2.75, 3.05) is 13.2 Å². The van der Waals surface area contributed by atoms with Crippen LogP contribution in [0.3, 0.4) is 0 Å². The Morgan fingerprint density at radius 2 is 0.845 bits per heavy atom. The maximum Gasteiger partial charge on any atom is 1.00 e. The van der Waals surface area contributed by atoms with Gasteiger partial charge in [0.25, 0.3) is 0 Å². The Morgan fingerprint density at radius 1 is 0.476 bits per heavy atom. The number of aromatic nitrogens is 3. The van der Waals surface area contributed by atoms with E-state index in [9.17, 15) is 14.4 Å². The van der Waals surface area contributed by atoms with Gasteiger partial charge < -0.3 is 74.0 Å². The minimum atomic E-state index is -0.893. The first-order valence-corrected chi connectivity index (χ1v) is 33.7. The van der Waals surface area contributed by atoms with E-state index in [1.54, 1.807) is 88.0 Å². The summed E-state index contributed by atoms with van der Waals surface area (Å²) >= 11 is 3.28. The second-order valence-electron chi connectivity index (χ2n) is 24.6. The maximum absolute atomic E-state index is 11.9. The Balaban J connectivity index is 0.000000183. The van der Waals surface area contributed by atoms with Gasteiger partial charge in [-0.1, -0.05) is 60.7 Å². The molecule has 0 saturated carbocycles. The van der Waals surface area contributed by atoms with Crippen LogP contribution in [0.15, 0.2) is 219 Å². The number of rotatable bonds is 23. The zero-order valence-corrected chi connectivity index (χ0v) is 60.1. The number of ether oxygens (including phenoxy) is 5. The number of carboxylic acid groups (broad SMARTS) is 1. The van der Waals surface area contributed by atoms with Crippen molar-refractivity contribution in [2.24, 2.45) is 17.2 Å². The van der Waals surface area contributed by atoms with Gasteiger partial charge in [0.1, 0.15) is 53.8 Å². The molecule has 0 atom stereocenters. The van der Waals surface area contributed by atoms with Crippen LogP contribution < -0.4 is 55.7 Å². The number of para-hydroxylation sites is 3. The molecule has 8 N–H and O–H groups in total. The van der Waals surface area contributed by atoms with E-state index in [2.05, 4.69) is 30.9 Å². The molecular formula is C79H81BBrLiN6O15. The molecule has 103 heavy (non-hydrogen) atoms. The number of nitrogens with zero attached hydrogens (tertiary/aromatic N) is 3. The number of carboxylic acids is 1. The summed E-state index contributed by atoms with van der Waals surface area (Å²) in [5.41, 5.74) is 30.9. The summed E-state index contributed by atoms with van der Waals surface area (Å²) in [5.74, 6) is 0.451. The maximum atomic E-state index is 11.9. The van der Waals surface area contributed by atoms with Gasteiger partial charge in [-0.05, 0) is 176 Å². The predicted molar refractivity (Wildman–Crippen MR) is 393 cm³/mol. The van der Waals surface area contributed by atoms with Gasteiger partial charge in [-0.3, -0.25) is 29.3 Å². The zero-order chi connectivity index (χ0) is 71.5. The molecule has 0 amide bonds. The third kappa shape index (κ3) is 20.9. The van der Waals surface area contributed by atoms with Gasteiger partial charge in [-0.15, -0.1) is 0 Å². The smallest absolute Gasteiger partial charge is 0.870 e. The number of hydrogen-bond donors (Lipinski definition) is 4. The minimum absolute atomic E-state index is 0.